The van der Waals surface area contributed by atoms with Gasteiger partial charge >= 0.3 is 0 Å². The highest BCUT2D eigenvalue weighted by atomic mass is 32.2. The first-order valence-corrected chi connectivity index (χ1v) is 10.6. The summed E-state index contributed by atoms with van der Waals surface area (Å²) >= 11 is 1.89. The van der Waals surface area contributed by atoms with Crippen molar-refractivity contribution in [1.82, 2.24) is 9.78 Å². The van der Waals surface area contributed by atoms with E-state index < -0.39 is 11.7 Å². The first-order chi connectivity index (χ1) is 14.0. The van der Waals surface area contributed by atoms with Crippen LogP contribution in [0.1, 0.15) is 5.56 Å². The lowest BCUT2D eigenvalue weighted by Crippen LogP contribution is -2.37. The molecule has 0 saturated carbocycles. The molecule has 2 heterocycles. The van der Waals surface area contributed by atoms with Crippen molar-refractivity contribution in [3.63, 3.8) is 0 Å². The maximum atomic E-state index is 13.7. The lowest BCUT2D eigenvalue weighted by Gasteiger charge is -2.28. The third kappa shape index (κ3) is 4.12. The molecule has 1 fully saturated rings. The molecule has 29 heavy (non-hydrogen) atoms. The Hall–Kier alpha value is -2.87. The second-order valence-corrected chi connectivity index (χ2v) is 8.17. The molecule has 2 aromatic carbocycles. The van der Waals surface area contributed by atoms with Gasteiger partial charge in [-0.15, -0.1) is 0 Å². The molecule has 0 radical (unpaired) electrons. The Morgan fingerprint density at radius 3 is 2.62 bits per heavy atom. The van der Waals surface area contributed by atoms with Gasteiger partial charge in [0.25, 0.3) is 5.56 Å². The molecule has 1 aromatic heterocycles. The van der Waals surface area contributed by atoms with E-state index in [4.69, 9.17) is 0 Å². The monoisotopic (exact) mass is 412 g/mol. The van der Waals surface area contributed by atoms with Gasteiger partial charge in [0.1, 0.15) is 12.4 Å². The molecular formula is C21H21FN4O2S. The highest BCUT2D eigenvalue weighted by molar-refractivity contribution is 7.99. The van der Waals surface area contributed by atoms with Gasteiger partial charge in [-0.2, -0.15) is 16.9 Å². The molecule has 0 aliphatic carbocycles. The largest absolute Gasteiger partial charge is 0.353 e. The van der Waals surface area contributed by atoms with Crippen LogP contribution in [0.3, 0.4) is 0 Å². The van der Waals surface area contributed by atoms with Crippen LogP contribution in [-0.2, 0) is 11.3 Å². The fourth-order valence-electron chi connectivity index (χ4n) is 3.34. The fourth-order valence-corrected chi connectivity index (χ4v) is 4.24. The second kappa shape index (κ2) is 8.24. The normalized spacial score (nSPS) is 14.2. The van der Waals surface area contributed by atoms with Crippen molar-refractivity contribution in [3.05, 3.63) is 64.2 Å². The SMILES string of the molecule is Cc1ccc(NC(=O)Cn2nc(N3CCSCC3)c3ccccc3c2=O)cc1F. The first-order valence-electron chi connectivity index (χ1n) is 9.41. The van der Waals surface area contributed by atoms with E-state index >= 15 is 0 Å². The quantitative estimate of drug-likeness (QED) is 0.714. The summed E-state index contributed by atoms with van der Waals surface area (Å²) < 4.78 is 14.9. The minimum atomic E-state index is -0.432. The van der Waals surface area contributed by atoms with Crippen LogP contribution in [0.5, 0.6) is 0 Å². The molecule has 3 aromatic rings. The number of nitrogens with one attached hydrogen (secondary N) is 1. The second-order valence-electron chi connectivity index (χ2n) is 6.94. The number of anilines is 2. The van der Waals surface area contributed by atoms with Crippen molar-refractivity contribution in [2.24, 2.45) is 0 Å². The van der Waals surface area contributed by atoms with Crippen LogP contribution in [0.15, 0.2) is 47.3 Å². The molecule has 1 aliphatic heterocycles. The van der Waals surface area contributed by atoms with Gasteiger partial charge in [0.15, 0.2) is 5.82 Å². The lowest BCUT2D eigenvalue weighted by atomic mass is 10.1. The number of hydrogen-bond acceptors (Lipinski definition) is 5. The van der Waals surface area contributed by atoms with Gasteiger partial charge < -0.3 is 10.2 Å². The summed E-state index contributed by atoms with van der Waals surface area (Å²) in [6.45, 7) is 3.10. The Balaban J connectivity index is 1.65. The number of aryl methyl sites for hydroxylation is 1. The van der Waals surface area contributed by atoms with E-state index in [2.05, 4.69) is 15.3 Å². The maximum Gasteiger partial charge on any atom is 0.275 e. The van der Waals surface area contributed by atoms with Crippen molar-refractivity contribution in [2.45, 2.75) is 13.5 Å². The van der Waals surface area contributed by atoms with Gasteiger partial charge in [0.2, 0.25) is 5.91 Å². The zero-order valence-corrected chi connectivity index (χ0v) is 16.8. The Morgan fingerprint density at radius 1 is 1.17 bits per heavy atom. The minimum absolute atomic E-state index is 0.241. The maximum absolute atomic E-state index is 13.7. The third-order valence-corrected chi connectivity index (χ3v) is 5.85. The van der Waals surface area contributed by atoms with Crippen molar-refractivity contribution in [3.8, 4) is 0 Å². The van der Waals surface area contributed by atoms with E-state index in [9.17, 15) is 14.0 Å². The van der Waals surface area contributed by atoms with E-state index in [1.807, 2.05) is 23.9 Å². The number of amides is 1. The van der Waals surface area contributed by atoms with E-state index in [1.54, 1.807) is 31.2 Å². The summed E-state index contributed by atoms with van der Waals surface area (Å²) in [5.74, 6) is 1.88. The summed E-state index contributed by atoms with van der Waals surface area (Å²) in [5.41, 5.74) is 0.529. The van der Waals surface area contributed by atoms with E-state index in [1.165, 1.54) is 10.7 Å². The number of aromatic nitrogens is 2. The topological polar surface area (TPSA) is 67.2 Å². The summed E-state index contributed by atoms with van der Waals surface area (Å²) in [4.78, 5) is 27.5. The predicted molar refractivity (Wildman–Crippen MR) is 115 cm³/mol. The number of fused-ring (bicyclic) bond motifs is 1. The Labute approximate surface area is 171 Å². The van der Waals surface area contributed by atoms with Crippen LogP contribution < -0.4 is 15.8 Å². The number of rotatable bonds is 4. The van der Waals surface area contributed by atoms with Crippen molar-refractivity contribution >= 4 is 39.9 Å². The molecule has 4 rings (SSSR count). The molecule has 1 saturated heterocycles. The molecule has 1 aliphatic rings. The predicted octanol–water partition coefficient (Wildman–Crippen LogP) is 3.04. The number of nitrogens with zero attached hydrogens (tertiary/aromatic N) is 3. The Bertz CT molecular complexity index is 1130. The van der Waals surface area contributed by atoms with Gasteiger partial charge in [-0.05, 0) is 30.7 Å². The van der Waals surface area contributed by atoms with Crippen molar-refractivity contribution < 1.29 is 9.18 Å². The molecule has 0 unspecified atom stereocenters. The number of thioether (sulfide) groups is 1. The van der Waals surface area contributed by atoms with Crippen LogP contribution in [0.4, 0.5) is 15.9 Å². The number of halogens is 1. The number of hydrogen-bond donors (Lipinski definition) is 1. The van der Waals surface area contributed by atoms with Gasteiger partial charge in [-0.1, -0.05) is 24.3 Å². The average molecular weight is 412 g/mol. The van der Waals surface area contributed by atoms with E-state index in [0.29, 0.717) is 16.6 Å². The highest BCUT2D eigenvalue weighted by Gasteiger charge is 2.19. The smallest absolute Gasteiger partial charge is 0.275 e. The van der Waals surface area contributed by atoms with Crippen LogP contribution in [0.2, 0.25) is 0 Å². The number of carbonyl (C=O) groups is 1. The first kappa shape index (κ1) is 19.4. The van der Waals surface area contributed by atoms with Gasteiger partial charge in [-0.3, -0.25) is 9.59 Å². The molecule has 6 nitrogen and oxygen atoms in total. The van der Waals surface area contributed by atoms with E-state index in [-0.39, 0.29) is 12.1 Å². The standard InChI is InChI=1S/C21H21FN4O2S/c1-14-6-7-15(12-18(14)22)23-19(27)13-26-21(28)17-5-3-2-4-16(17)20(24-26)25-8-10-29-11-9-25/h2-7,12H,8-11,13H2,1H3,(H,23,27). The summed E-state index contributed by atoms with van der Waals surface area (Å²) in [5, 5.41) is 8.49. The number of carbonyl (C=O) groups excluding carboxylic acids is 1. The fraction of sp³-hybridized carbons (Fsp3) is 0.286. The molecule has 0 spiro atoms. The van der Waals surface area contributed by atoms with Crippen LogP contribution in [-0.4, -0.2) is 40.3 Å². The third-order valence-electron chi connectivity index (χ3n) is 4.91. The summed E-state index contributed by atoms with van der Waals surface area (Å²) in [6.07, 6.45) is 0. The van der Waals surface area contributed by atoms with Gasteiger partial charge in [0, 0.05) is 35.7 Å². The number of benzene rings is 2. The van der Waals surface area contributed by atoms with Crippen LogP contribution >= 0.6 is 11.8 Å². The molecular weight excluding hydrogens is 391 g/mol. The molecule has 8 heteroatoms. The van der Waals surface area contributed by atoms with E-state index in [0.717, 1.165) is 35.8 Å². The summed E-state index contributed by atoms with van der Waals surface area (Å²) in [6, 6.07) is 11.8. The average Bonchev–Trinajstić information content (AvgIpc) is 2.73. The van der Waals surface area contributed by atoms with Crippen molar-refractivity contribution in [1.29, 1.82) is 0 Å². The highest BCUT2D eigenvalue weighted by Crippen LogP contribution is 2.24. The zero-order chi connectivity index (χ0) is 20.4. The molecule has 0 bridgehead atoms. The minimum Gasteiger partial charge on any atom is -0.353 e. The van der Waals surface area contributed by atoms with Crippen LogP contribution in [0.25, 0.3) is 10.8 Å². The Kier molecular flexibility index (Phi) is 5.53. The van der Waals surface area contributed by atoms with Gasteiger partial charge in [0.05, 0.1) is 5.39 Å². The molecule has 150 valence electrons. The van der Waals surface area contributed by atoms with Gasteiger partial charge in [-0.25, -0.2) is 9.07 Å². The Morgan fingerprint density at radius 2 is 1.90 bits per heavy atom. The lowest BCUT2D eigenvalue weighted by molar-refractivity contribution is -0.117. The zero-order valence-electron chi connectivity index (χ0n) is 16.0. The van der Waals surface area contributed by atoms with Crippen LogP contribution in [0, 0.1) is 12.7 Å². The summed E-state index contributed by atoms with van der Waals surface area (Å²) in [7, 11) is 0. The molecule has 1 N–H and O–H groups in total. The molecule has 1 amide bonds. The molecule has 0 atom stereocenters. The van der Waals surface area contributed by atoms with Crippen molar-refractivity contribution in [2.75, 3.05) is 34.8 Å².